The molecule has 8 nitrogen and oxygen atoms in total. The SMILES string of the molecule is CC(C)c1c(C(=O)N2CCN(c3ccc(F)cc3F)CC2)nc(-c2ccc(F)cc2)n1CC[C@@H]1C[C@@H](O)CC(=O)O1. The summed E-state index contributed by atoms with van der Waals surface area (Å²) in [5, 5.41) is 10.0. The fourth-order valence-electron chi connectivity index (χ4n) is 5.60. The second-order valence-corrected chi connectivity index (χ2v) is 10.9. The van der Waals surface area contributed by atoms with Crippen LogP contribution >= 0.6 is 0 Å². The highest BCUT2D eigenvalue weighted by Gasteiger charge is 2.32. The molecule has 0 aliphatic carbocycles. The van der Waals surface area contributed by atoms with Crippen LogP contribution in [-0.2, 0) is 16.1 Å². The molecule has 1 aromatic heterocycles. The molecule has 1 N–H and O–H groups in total. The topological polar surface area (TPSA) is 87.9 Å². The molecule has 0 saturated carbocycles. The smallest absolute Gasteiger partial charge is 0.308 e. The van der Waals surface area contributed by atoms with Gasteiger partial charge in [-0.2, -0.15) is 0 Å². The maximum absolute atomic E-state index is 14.3. The van der Waals surface area contributed by atoms with Crippen molar-refractivity contribution in [3.63, 3.8) is 0 Å². The first kappa shape index (κ1) is 28.7. The molecular formula is C30H33F3N4O4. The lowest BCUT2D eigenvalue weighted by Crippen LogP contribution is -2.49. The van der Waals surface area contributed by atoms with Crippen molar-refractivity contribution in [2.24, 2.45) is 0 Å². The van der Waals surface area contributed by atoms with E-state index in [0.717, 1.165) is 6.07 Å². The van der Waals surface area contributed by atoms with E-state index in [-0.39, 0.29) is 29.6 Å². The largest absolute Gasteiger partial charge is 0.462 e. The normalized spacial score (nSPS) is 19.5. The van der Waals surface area contributed by atoms with E-state index in [1.807, 2.05) is 18.4 Å². The Bertz CT molecular complexity index is 1420. The number of aromatic nitrogens is 2. The van der Waals surface area contributed by atoms with Gasteiger partial charge in [-0.05, 0) is 42.3 Å². The minimum Gasteiger partial charge on any atom is -0.462 e. The number of imidazole rings is 1. The third kappa shape index (κ3) is 6.24. The van der Waals surface area contributed by atoms with E-state index in [1.165, 1.54) is 24.3 Å². The second kappa shape index (κ2) is 11.9. The quantitative estimate of drug-likeness (QED) is 0.421. The monoisotopic (exact) mass is 570 g/mol. The van der Waals surface area contributed by atoms with Gasteiger partial charge < -0.3 is 24.2 Å². The number of rotatable bonds is 7. The Morgan fingerprint density at radius 1 is 1.05 bits per heavy atom. The summed E-state index contributed by atoms with van der Waals surface area (Å²) in [5.74, 6) is -2.02. The summed E-state index contributed by atoms with van der Waals surface area (Å²) < 4.78 is 48.8. The van der Waals surface area contributed by atoms with Crippen LogP contribution in [0.3, 0.4) is 0 Å². The minimum atomic E-state index is -0.760. The van der Waals surface area contributed by atoms with Gasteiger partial charge in [0.15, 0.2) is 5.69 Å². The van der Waals surface area contributed by atoms with Gasteiger partial charge in [0.1, 0.15) is 29.4 Å². The summed E-state index contributed by atoms with van der Waals surface area (Å²) >= 11 is 0. The third-order valence-corrected chi connectivity index (χ3v) is 7.59. The molecule has 2 aliphatic heterocycles. The number of benzene rings is 2. The van der Waals surface area contributed by atoms with E-state index in [0.29, 0.717) is 62.6 Å². The van der Waals surface area contributed by atoms with E-state index in [2.05, 4.69) is 0 Å². The van der Waals surface area contributed by atoms with Crippen LogP contribution in [0.1, 0.15) is 55.2 Å². The zero-order valence-electron chi connectivity index (χ0n) is 23.0. The molecule has 3 heterocycles. The van der Waals surface area contributed by atoms with Gasteiger partial charge in [0.05, 0.1) is 23.9 Å². The van der Waals surface area contributed by atoms with Gasteiger partial charge >= 0.3 is 5.97 Å². The van der Waals surface area contributed by atoms with Gasteiger partial charge in [-0.25, -0.2) is 18.2 Å². The van der Waals surface area contributed by atoms with Crippen molar-refractivity contribution in [3.8, 4) is 11.4 Å². The molecule has 41 heavy (non-hydrogen) atoms. The molecule has 2 saturated heterocycles. The van der Waals surface area contributed by atoms with Crippen molar-refractivity contribution in [1.82, 2.24) is 14.5 Å². The number of cyclic esters (lactones) is 1. The van der Waals surface area contributed by atoms with Crippen LogP contribution in [0.4, 0.5) is 18.9 Å². The standard InChI is InChI=1S/C30H33F3N4O4/c1-18(2)28-27(30(40)36-13-11-35(12-14-36)25-8-7-21(32)15-24(25)33)34-29(19-3-5-20(31)6-4-19)37(28)10-9-23-16-22(38)17-26(39)41-23/h3-8,15,18,22-23,38H,9-14,16-17H2,1-2H3/t22-,23-/m1/s1. The Kier molecular flexibility index (Phi) is 8.35. The highest BCUT2D eigenvalue weighted by molar-refractivity contribution is 5.94. The lowest BCUT2D eigenvalue weighted by atomic mass is 10.0. The summed E-state index contributed by atoms with van der Waals surface area (Å²) in [5.41, 5.74) is 1.90. The van der Waals surface area contributed by atoms with Crippen molar-refractivity contribution in [3.05, 3.63) is 71.3 Å². The predicted octanol–water partition coefficient (Wildman–Crippen LogP) is 4.51. The number of halogens is 3. The molecule has 5 rings (SSSR count). The van der Waals surface area contributed by atoms with Crippen molar-refractivity contribution in [2.45, 2.75) is 57.8 Å². The third-order valence-electron chi connectivity index (χ3n) is 7.59. The molecular weight excluding hydrogens is 537 g/mol. The number of nitrogens with zero attached hydrogens (tertiary/aromatic N) is 4. The first-order valence-electron chi connectivity index (χ1n) is 13.8. The number of carbonyl (C=O) groups is 2. The molecule has 0 unspecified atom stereocenters. The summed E-state index contributed by atoms with van der Waals surface area (Å²) in [4.78, 5) is 34.0. The lowest BCUT2D eigenvalue weighted by molar-refractivity contribution is -0.160. The second-order valence-electron chi connectivity index (χ2n) is 10.9. The van der Waals surface area contributed by atoms with Gasteiger partial charge in [0.25, 0.3) is 5.91 Å². The van der Waals surface area contributed by atoms with Gasteiger partial charge in [0.2, 0.25) is 0 Å². The highest BCUT2D eigenvalue weighted by atomic mass is 19.1. The van der Waals surface area contributed by atoms with Gasteiger partial charge in [-0.1, -0.05) is 13.8 Å². The molecule has 3 aromatic rings. The Hall–Kier alpha value is -3.86. The summed E-state index contributed by atoms with van der Waals surface area (Å²) in [6.07, 6.45) is -0.533. The zero-order valence-corrected chi connectivity index (χ0v) is 23.0. The number of piperazine rings is 1. The van der Waals surface area contributed by atoms with Crippen LogP contribution in [-0.4, -0.2) is 69.8 Å². The minimum absolute atomic E-state index is 0.0284. The van der Waals surface area contributed by atoms with E-state index in [1.54, 1.807) is 21.9 Å². The van der Waals surface area contributed by atoms with Crippen molar-refractivity contribution >= 4 is 17.6 Å². The number of hydrogen-bond acceptors (Lipinski definition) is 6. The number of amides is 1. The number of ether oxygens (including phenoxy) is 1. The van der Waals surface area contributed by atoms with E-state index in [4.69, 9.17) is 9.72 Å². The van der Waals surface area contributed by atoms with Crippen molar-refractivity contribution in [2.75, 3.05) is 31.1 Å². The van der Waals surface area contributed by atoms with E-state index < -0.39 is 35.6 Å². The highest BCUT2D eigenvalue weighted by Crippen LogP contribution is 2.31. The van der Waals surface area contributed by atoms with Crippen LogP contribution in [0.15, 0.2) is 42.5 Å². The zero-order chi connectivity index (χ0) is 29.3. The molecule has 1 amide bonds. The van der Waals surface area contributed by atoms with Crippen LogP contribution in [0.5, 0.6) is 0 Å². The van der Waals surface area contributed by atoms with Crippen LogP contribution in [0, 0.1) is 17.5 Å². The fraction of sp³-hybridized carbons (Fsp3) is 0.433. The molecule has 218 valence electrons. The van der Waals surface area contributed by atoms with Crippen LogP contribution < -0.4 is 4.90 Å². The Morgan fingerprint density at radius 2 is 1.73 bits per heavy atom. The molecule has 0 bridgehead atoms. The maximum atomic E-state index is 14.3. The van der Waals surface area contributed by atoms with E-state index >= 15 is 0 Å². The van der Waals surface area contributed by atoms with Gasteiger partial charge in [-0.15, -0.1) is 0 Å². The van der Waals surface area contributed by atoms with Crippen LogP contribution in [0.25, 0.3) is 11.4 Å². The number of carbonyl (C=O) groups excluding carboxylic acids is 2. The van der Waals surface area contributed by atoms with Gasteiger partial charge in [0, 0.05) is 57.2 Å². The molecule has 2 aromatic carbocycles. The molecule has 2 atom stereocenters. The molecule has 0 radical (unpaired) electrons. The molecule has 2 aliphatic rings. The number of anilines is 1. The van der Waals surface area contributed by atoms with E-state index in [9.17, 15) is 27.9 Å². The van der Waals surface area contributed by atoms with Crippen LogP contribution in [0.2, 0.25) is 0 Å². The Morgan fingerprint density at radius 3 is 2.37 bits per heavy atom. The lowest BCUT2D eigenvalue weighted by Gasteiger charge is -2.36. The first-order valence-corrected chi connectivity index (χ1v) is 13.8. The first-order chi connectivity index (χ1) is 19.6. The summed E-state index contributed by atoms with van der Waals surface area (Å²) in [6.45, 7) is 5.65. The fourth-order valence-corrected chi connectivity index (χ4v) is 5.60. The van der Waals surface area contributed by atoms with Gasteiger partial charge in [-0.3, -0.25) is 9.59 Å². The number of hydrogen-bond donors (Lipinski definition) is 1. The number of aliphatic hydroxyl groups excluding tert-OH is 1. The molecule has 2 fully saturated rings. The van der Waals surface area contributed by atoms with Crippen molar-refractivity contribution < 1.29 is 32.6 Å². The predicted molar refractivity (Wildman–Crippen MR) is 146 cm³/mol. The summed E-state index contributed by atoms with van der Waals surface area (Å²) in [7, 11) is 0. The Balaban J connectivity index is 1.42. The molecule has 11 heteroatoms. The summed E-state index contributed by atoms with van der Waals surface area (Å²) in [6, 6.07) is 9.33. The Labute approximate surface area is 236 Å². The average Bonchev–Trinajstić information content (AvgIpc) is 3.31. The number of esters is 1. The van der Waals surface area contributed by atoms with Crippen molar-refractivity contribution in [1.29, 1.82) is 0 Å². The maximum Gasteiger partial charge on any atom is 0.308 e. The number of aliphatic hydroxyl groups is 1. The average molecular weight is 571 g/mol. The molecule has 0 spiro atoms.